The fraction of sp³-hybridized carbons (Fsp3) is 0.211. The number of nitrogens with zero attached hydrogens (tertiary/aromatic N) is 2. The maximum Gasteiger partial charge on any atom is 0.325 e. The third-order valence-electron chi connectivity index (χ3n) is 3.82. The summed E-state index contributed by atoms with van der Waals surface area (Å²) in [4.78, 5) is 28.6. The summed E-state index contributed by atoms with van der Waals surface area (Å²) in [5, 5.41) is 0.774. The number of hydrogen-bond acceptors (Lipinski definition) is 5. The van der Waals surface area contributed by atoms with Crippen LogP contribution >= 0.6 is 34.5 Å². The molecule has 146 valence electrons. The van der Waals surface area contributed by atoms with Crippen LogP contribution in [0, 0.1) is 6.92 Å². The average Bonchev–Trinajstić information content (AvgIpc) is 2.96. The summed E-state index contributed by atoms with van der Waals surface area (Å²) < 4.78 is 12.7. The molecule has 1 heterocycles. The Balaban J connectivity index is 1.90. The lowest BCUT2D eigenvalue weighted by atomic mass is 10.2. The highest BCUT2D eigenvalue weighted by atomic mass is 35.5. The lowest BCUT2D eigenvalue weighted by molar-refractivity contribution is -0.141. The minimum absolute atomic E-state index is 0.0461. The highest BCUT2D eigenvalue weighted by Gasteiger charge is 2.12. The van der Waals surface area contributed by atoms with Crippen LogP contribution in [0.3, 0.4) is 0 Å². The molecule has 0 aliphatic rings. The van der Waals surface area contributed by atoms with Crippen molar-refractivity contribution < 1.29 is 19.1 Å². The predicted molar refractivity (Wildman–Crippen MR) is 109 cm³/mol. The van der Waals surface area contributed by atoms with Gasteiger partial charge in [0.25, 0.3) is 5.91 Å². The highest BCUT2D eigenvalue weighted by molar-refractivity contribution is 7.16. The third kappa shape index (κ3) is 4.73. The van der Waals surface area contributed by atoms with Gasteiger partial charge in [-0.15, -0.1) is 0 Å². The van der Waals surface area contributed by atoms with Crippen LogP contribution in [-0.2, 0) is 20.9 Å². The molecule has 0 fully saturated rings. The minimum atomic E-state index is -0.507. The van der Waals surface area contributed by atoms with Gasteiger partial charge in [0.1, 0.15) is 12.3 Å². The Morgan fingerprint density at radius 1 is 1.18 bits per heavy atom. The fourth-order valence-corrected chi connectivity index (χ4v) is 4.09. The number of benzene rings is 2. The number of hydrogen-bond donors (Lipinski definition) is 0. The number of halogens is 2. The summed E-state index contributed by atoms with van der Waals surface area (Å²) in [6, 6.07) is 10.5. The van der Waals surface area contributed by atoms with Crippen LogP contribution in [0.25, 0.3) is 10.2 Å². The van der Waals surface area contributed by atoms with Crippen molar-refractivity contribution in [3.63, 3.8) is 0 Å². The van der Waals surface area contributed by atoms with Gasteiger partial charge in [0.05, 0.1) is 22.3 Å². The van der Waals surface area contributed by atoms with E-state index in [4.69, 9.17) is 32.7 Å². The van der Waals surface area contributed by atoms with Crippen molar-refractivity contribution in [3.8, 4) is 5.75 Å². The molecule has 28 heavy (non-hydrogen) atoms. The van der Waals surface area contributed by atoms with Crippen molar-refractivity contribution in [2.24, 2.45) is 4.99 Å². The van der Waals surface area contributed by atoms with Crippen molar-refractivity contribution in [1.29, 1.82) is 0 Å². The van der Waals surface area contributed by atoms with Gasteiger partial charge in [0.2, 0.25) is 0 Å². The van der Waals surface area contributed by atoms with Gasteiger partial charge < -0.3 is 14.0 Å². The summed E-state index contributed by atoms with van der Waals surface area (Å²) in [5.41, 5.74) is 1.87. The van der Waals surface area contributed by atoms with E-state index in [0.29, 0.717) is 20.6 Å². The molecule has 0 N–H and O–H groups in total. The van der Waals surface area contributed by atoms with Crippen molar-refractivity contribution >= 4 is 56.6 Å². The number of fused-ring (bicyclic) bond motifs is 1. The third-order valence-corrected chi connectivity index (χ3v) is 5.39. The number of aromatic nitrogens is 1. The molecule has 3 aromatic rings. The molecule has 0 unspecified atom stereocenters. The van der Waals surface area contributed by atoms with Gasteiger partial charge >= 0.3 is 5.97 Å². The van der Waals surface area contributed by atoms with E-state index in [-0.39, 0.29) is 13.2 Å². The standard InChI is InChI=1S/C19H16Cl2N2O4S/c1-11-3-5-14-16(7-11)28-19(23(14)9-18(25)26-2)22-17(24)10-27-15-6-4-12(20)8-13(15)21/h3-8H,9-10H2,1-2H3. The van der Waals surface area contributed by atoms with Gasteiger partial charge in [-0.2, -0.15) is 4.99 Å². The van der Waals surface area contributed by atoms with E-state index < -0.39 is 11.9 Å². The Hall–Kier alpha value is -2.35. The molecule has 0 saturated carbocycles. The van der Waals surface area contributed by atoms with Crippen molar-refractivity contribution in [2.75, 3.05) is 13.7 Å². The van der Waals surface area contributed by atoms with Gasteiger partial charge in [-0.25, -0.2) is 0 Å². The summed E-state index contributed by atoms with van der Waals surface area (Å²) >= 11 is 13.2. The smallest absolute Gasteiger partial charge is 0.325 e. The van der Waals surface area contributed by atoms with Gasteiger partial charge in [-0.3, -0.25) is 9.59 Å². The first-order valence-electron chi connectivity index (χ1n) is 8.19. The topological polar surface area (TPSA) is 69.9 Å². The maximum absolute atomic E-state index is 12.3. The number of esters is 1. The van der Waals surface area contributed by atoms with Crippen LogP contribution < -0.4 is 9.54 Å². The Labute approximate surface area is 174 Å². The lowest BCUT2D eigenvalue weighted by Crippen LogP contribution is -2.23. The number of thiazole rings is 1. The number of carbonyl (C=O) groups is 2. The first-order valence-corrected chi connectivity index (χ1v) is 9.77. The molecule has 0 aliphatic heterocycles. The number of amides is 1. The molecule has 1 aromatic heterocycles. The van der Waals surface area contributed by atoms with E-state index in [2.05, 4.69) is 4.99 Å². The molecule has 0 bridgehead atoms. The molecule has 0 aliphatic carbocycles. The molecular formula is C19H16Cl2N2O4S. The second kappa shape index (κ2) is 8.77. The molecule has 6 nitrogen and oxygen atoms in total. The molecule has 0 radical (unpaired) electrons. The second-order valence-corrected chi connectivity index (χ2v) is 7.74. The first-order chi connectivity index (χ1) is 13.4. The lowest BCUT2D eigenvalue weighted by Gasteiger charge is -2.06. The monoisotopic (exact) mass is 438 g/mol. The molecule has 2 aromatic carbocycles. The number of carbonyl (C=O) groups excluding carboxylic acids is 2. The van der Waals surface area contributed by atoms with Crippen molar-refractivity contribution in [3.05, 3.63) is 56.8 Å². The first kappa shape index (κ1) is 20.4. The zero-order valence-electron chi connectivity index (χ0n) is 15.1. The SMILES string of the molecule is COC(=O)Cn1c(=NC(=O)COc2ccc(Cl)cc2Cl)sc2cc(C)ccc21. The van der Waals surface area contributed by atoms with Crippen LogP contribution in [-0.4, -0.2) is 30.2 Å². The molecule has 1 amide bonds. The number of methoxy groups -OCH3 is 1. The maximum atomic E-state index is 12.3. The van der Waals surface area contributed by atoms with Gasteiger partial charge in [0, 0.05) is 5.02 Å². The fourth-order valence-electron chi connectivity index (χ4n) is 2.48. The van der Waals surface area contributed by atoms with Crippen LogP contribution in [0.1, 0.15) is 5.56 Å². The van der Waals surface area contributed by atoms with E-state index in [1.165, 1.54) is 24.5 Å². The molecule has 3 rings (SSSR count). The second-order valence-electron chi connectivity index (χ2n) is 5.89. The summed E-state index contributed by atoms with van der Waals surface area (Å²) in [5.74, 6) is -0.602. The molecule has 9 heteroatoms. The number of aryl methyl sites for hydroxylation is 1. The van der Waals surface area contributed by atoms with Gasteiger partial charge in [-0.1, -0.05) is 40.6 Å². The zero-order valence-corrected chi connectivity index (χ0v) is 17.4. The molecular weight excluding hydrogens is 423 g/mol. The normalized spacial score (nSPS) is 11.6. The molecule has 0 atom stereocenters. The summed E-state index contributed by atoms with van der Waals surface area (Å²) in [7, 11) is 1.31. The van der Waals surface area contributed by atoms with E-state index >= 15 is 0 Å². The number of ether oxygens (including phenoxy) is 2. The average molecular weight is 439 g/mol. The molecule has 0 saturated heterocycles. The van der Waals surface area contributed by atoms with Crippen molar-refractivity contribution in [2.45, 2.75) is 13.5 Å². The largest absolute Gasteiger partial charge is 0.482 e. The van der Waals surface area contributed by atoms with Crippen LogP contribution in [0.4, 0.5) is 0 Å². The Morgan fingerprint density at radius 2 is 1.96 bits per heavy atom. The Kier molecular flexibility index (Phi) is 6.39. The van der Waals surface area contributed by atoms with E-state index in [9.17, 15) is 9.59 Å². The molecule has 0 spiro atoms. The quantitative estimate of drug-likeness (QED) is 0.564. The van der Waals surface area contributed by atoms with Crippen LogP contribution in [0.15, 0.2) is 41.4 Å². The van der Waals surface area contributed by atoms with E-state index in [1.807, 2.05) is 25.1 Å². The van der Waals surface area contributed by atoms with E-state index in [0.717, 1.165) is 15.8 Å². The minimum Gasteiger partial charge on any atom is -0.482 e. The van der Waals surface area contributed by atoms with Crippen LogP contribution in [0.5, 0.6) is 5.75 Å². The summed E-state index contributed by atoms with van der Waals surface area (Å²) in [6.45, 7) is 1.62. The van der Waals surface area contributed by atoms with E-state index in [1.54, 1.807) is 16.7 Å². The number of rotatable bonds is 5. The van der Waals surface area contributed by atoms with Gasteiger partial charge in [-0.05, 0) is 42.8 Å². The Bertz CT molecular complexity index is 1120. The van der Waals surface area contributed by atoms with Crippen LogP contribution in [0.2, 0.25) is 10.0 Å². The van der Waals surface area contributed by atoms with Crippen molar-refractivity contribution in [1.82, 2.24) is 4.57 Å². The Morgan fingerprint density at radius 3 is 2.68 bits per heavy atom. The zero-order chi connectivity index (χ0) is 20.3. The predicted octanol–water partition coefficient (Wildman–Crippen LogP) is 4.00. The highest BCUT2D eigenvalue weighted by Crippen LogP contribution is 2.27. The van der Waals surface area contributed by atoms with Gasteiger partial charge in [0.15, 0.2) is 11.4 Å². The summed E-state index contributed by atoms with van der Waals surface area (Å²) in [6.07, 6.45) is 0.